The van der Waals surface area contributed by atoms with Gasteiger partial charge in [0.05, 0.1) is 6.61 Å². The molecule has 0 aromatic carbocycles. The van der Waals surface area contributed by atoms with Gasteiger partial charge in [0.1, 0.15) is 5.54 Å². The van der Waals surface area contributed by atoms with E-state index in [0.29, 0.717) is 18.7 Å². The van der Waals surface area contributed by atoms with E-state index >= 15 is 0 Å². The Morgan fingerprint density at radius 3 is 2.84 bits per heavy atom. The highest BCUT2D eigenvalue weighted by Gasteiger charge is 2.47. The van der Waals surface area contributed by atoms with Crippen LogP contribution in [0.4, 0.5) is 0 Å². The smallest absolute Gasteiger partial charge is 0.326 e. The number of nitrogens with one attached hydrogen (secondary N) is 1. The highest BCUT2D eigenvalue weighted by Crippen LogP contribution is 2.36. The lowest BCUT2D eigenvalue weighted by Crippen LogP contribution is -2.51. The van der Waals surface area contributed by atoms with Crippen LogP contribution in [-0.4, -0.2) is 48.7 Å². The summed E-state index contributed by atoms with van der Waals surface area (Å²) in [4.78, 5) is 14.8. The highest BCUT2D eigenvalue weighted by atomic mass is 16.5. The van der Waals surface area contributed by atoms with Crippen molar-refractivity contribution >= 4 is 5.97 Å². The van der Waals surface area contributed by atoms with E-state index in [9.17, 15) is 4.79 Å². The van der Waals surface area contributed by atoms with Crippen molar-refractivity contribution in [3.05, 3.63) is 0 Å². The molecule has 1 saturated heterocycles. The van der Waals surface area contributed by atoms with Crippen LogP contribution < -0.4 is 5.32 Å². The third-order valence-corrected chi connectivity index (χ3v) is 4.96. The van der Waals surface area contributed by atoms with Gasteiger partial charge in [-0.25, -0.2) is 0 Å². The molecule has 0 bridgehead atoms. The molecule has 0 aromatic heterocycles. The third-order valence-electron chi connectivity index (χ3n) is 4.96. The van der Waals surface area contributed by atoms with E-state index in [2.05, 4.69) is 17.1 Å². The average molecular weight is 268 g/mol. The first-order valence-electron chi connectivity index (χ1n) is 7.75. The number of rotatable bonds is 4. The molecule has 4 heteroatoms. The monoisotopic (exact) mass is 268 g/mol. The van der Waals surface area contributed by atoms with Gasteiger partial charge in [-0.05, 0) is 59.5 Å². The molecule has 4 nitrogen and oxygen atoms in total. The largest absolute Gasteiger partial charge is 0.465 e. The maximum atomic E-state index is 12.2. The molecular weight excluding hydrogens is 240 g/mol. The van der Waals surface area contributed by atoms with Crippen LogP contribution in [0.25, 0.3) is 0 Å². The Morgan fingerprint density at radius 1 is 1.42 bits per heavy atom. The fraction of sp³-hybridized carbons (Fsp3) is 0.933. The fourth-order valence-corrected chi connectivity index (χ4v) is 3.75. The molecular formula is C15H28N2O2. The molecule has 3 unspecified atom stereocenters. The zero-order valence-corrected chi connectivity index (χ0v) is 12.6. The first-order valence-corrected chi connectivity index (χ1v) is 7.75. The first-order chi connectivity index (χ1) is 9.13. The highest BCUT2D eigenvalue weighted by molar-refractivity contribution is 5.81. The van der Waals surface area contributed by atoms with E-state index in [1.807, 2.05) is 14.0 Å². The van der Waals surface area contributed by atoms with Gasteiger partial charge in [0.25, 0.3) is 0 Å². The van der Waals surface area contributed by atoms with Crippen LogP contribution in [0.1, 0.15) is 52.4 Å². The van der Waals surface area contributed by atoms with Gasteiger partial charge in [-0.3, -0.25) is 9.69 Å². The van der Waals surface area contributed by atoms with Gasteiger partial charge in [-0.15, -0.1) is 0 Å². The van der Waals surface area contributed by atoms with E-state index in [-0.39, 0.29) is 5.97 Å². The zero-order valence-electron chi connectivity index (χ0n) is 12.6. The Morgan fingerprint density at radius 2 is 2.21 bits per heavy atom. The van der Waals surface area contributed by atoms with Crippen molar-refractivity contribution in [2.24, 2.45) is 0 Å². The minimum Gasteiger partial charge on any atom is -0.465 e. The number of ether oxygens (including phenoxy) is 1. The Bertz CT molecular complexity index is 321. The molecule has 0 spiro atoms. The lowest BCUT2D eigenvalue weighted by molar-refractivity contribution is -0.151. The van der Waals surface area contributed by atoms with Gasteiger partial charge in [0.15, 0.2) is 0 Å². The summed E-state index contributed by atoms with van der Waals surface area (Å²) in [6.07, 6.45) is 6.83. The summed E-state index contributed by atoms with van der Waals surface area (Å²) < 4.78 is 5.26. The summed E-state index contributed by atoms with van der Waals surface area (Å²) >= 11 is 0. The molecule has 1 aliphatic heterocycles. The maximum absolute atomic E-state index is 12.2. The van der Waals surface area contributed by atoms with Crippen molar-refractivity contribution in [2.45, 2.75) is 70.0 Å². The summed E-state index contributed by atoms with van der Waals surface area (Å²) in [6.45, 7) is 5.85. The molecule has 19 heavy (non-hydrogen) atoms. The van der Waals surface area contributed by atoms with Gasteiger partial charge >= 0.3 is 5.97 Å². The van der Waals surface area contributed by atoms with Gasteiger partial charge < -0.3 is 10.1 Å². The molecule has 2 rings (SSSR count). The van der Waals surface area contributed by atoms with E-state index in [1.165, 1.54) is 25.8 Å². The van der Waals surface area contributed by atoms with Gasteiger partial charge in [0, 0.05) is 12.1 Å². The quantitative estimate of drug-likeness (QED) is 0.791. The number of hydrogen-bond acceptors (Lipinski definition) is 4. The molecule has 3 atom stereocenters. The lowest BCUT2D eigenvalue weighted by Gasteiger charge is -2.38. The van der Waals surface area contributed by atoms with Crippen molar-refractivity contribution in [2.75, 3.05) is 20.2 Å². The number of piperidine rings is 1. The summed E-state index contributed by atoms with van der Waals surface area (Å²) in [7, 11) is 1.89. The second-order valence-electron chi connectivity index (χ2n) is 6.03. The fourth-order valence-electron chi connectivity index (χ4n) is 3.75. The second-order valence-corrected chi connectivity index (χ2v) is 6.03. The van der Waals surface area contributed by atoms with Gasteiger partial charge in [-0.1, -0.05) is 6.42 Å². The summed E-state index contributed by atoms with van der Waals surface area (Å²) in [6, 6.07) is 1.20. The molecule has 0 radical (unpaired) electrons. The number of carbonyl (C=O) groups excluding carboxylic acids is 1. The van der Waals surface area contributed by atoms with E-state index in [0.717, 1.165) is 19.3 Å². The van der Waals surface area contributed by atoms with Gasteiger partial charge in [0.2, 0.25) is 0 Å². The normalized spacial score (nSPS) is 36.4. The van der Waals surface area contributed by atoms with Crippen LogP contribution in [-0.2, 0) is 9.53 Å². The number of hydrogen-bond donors (Lipinski definition) is 1. The van der Waals surface area contributed by atoms with Crippen LogP contribution in [0.15, 0.2) is 0 Å². The Kier molecular flexibility index (Phi) is 4.85. The standard InChI is InChI=1S/C15H28N2O2/c1-4-19-14(18)15(16-3)9-8-13(11-15)17-10-6-5-7-12(17)2/h12-13,16H,4-11H2,1-3H3. The topological polar surface area (TPSA) is 41.6 Å². The molecule has 1 heterocycles. The summed E-state index contributed by atoms with van der Waals surface area (Å²) in [5.41, 5.74) is -0.447. The Balaban J connectivity index is 2.02. The van der Waals surface area contributed by atoms with Crippen LogP contribution in [0.2, 0.25) is 0 Å². The average Bonchev–Trinajstić information content (AvgIpc) is 2.85. The molecule has 2 fully saturated rings. The molecule has 110 valence electrons. The summed E-state index contributed by atoms with van der Waals surface area (Å²) in [5.74, 6) is -0.0651. The number of likely N-dealkylation sites (tertiary alicyclic amines) is 1. The van der Waals surface area contributed by atoms with Crippen molar-refractivity contribution in [1.82, 2.24) is 10.2 Å². The van der Waals surface area contributed by atoms with Crippen molar-refractivity contribution in [1.29, 1.82) is 0 Å². The predicted molar refractivity (Wildman–Crippen MR) is 76.1 cm³/mol. The molecule has 0 aromatic rings. The van der Waals surface area contributed by atoms with E-state index < -0.39 is 5.54 Å². The Labute approximate surface area is 116 Å². The molecule has 1 aliphatic carbocycles. The molecule has 1 N–H and O–H groups in total. The van der Waals surface area contributed by atoms with Crippen molar-refractivity contribution < 1.29 is 9.53 Å². The summed E-state index contributed by atoms with van der Waals surface area (Å²) in [5, 5.41) is 3.24. The van der Waals surface area contributed by atoms with E-state index in [1.54, 1.807) is 0 Å². The number of carbonyl (C=O) groups is 1. The zero-order chi connectivity index (χ0) is 13.9. The van der Waals surface area contributed by atoms with Crippen LogP contribution >= 0.6 is 0 Å². The Hall–Kier alpha value is -0.610. The SMILES string of the molecule is CCOC(=O)C1(NC)CCC(N2CCCCC2C)C1. The van der Waals surface area contributed by atoms with Gasteiger partial charge in [-0.2, -0.15) is 0 Å². The predicted octanol–water partition coefficient (Wildman–Crippen LogP) is 1.93. The lowest BCUT2D eigenvalue weighted by atomic mass is 9.96. The van der Waals surface area contributed by atoms with Crippen LogP contribution in [0, 0.1) is 0 Å². The third kappa shape index (κ3) is 2.95. The number of likely N-dealkylation sites (N-methyl/N-ethyl adjacent to an activating group) is 1. The second kappa shape index (κ2) is 6.23. The molecule has 2 aliphatic rings. The minimum atomic E-state index is -0.447. The maximum Gasteiger partial charge on any atom is 0.326 e. The van der Waals surface area contributed by atoms with Crippen molar-refractivity contribution in [3.63, 3.8) is 0 Å². The molecule has 1 saturated carbocycles. The molecule has 0 amide bonds. The first kappa shape index (κ1) is 14.8. The van der Waals surface area contributed by atoms with E-state index in [4.69, 9.17) is 4.74 Å². The minimum absolute atomic E-state index is 0.0651. The number of esters is 1. The van der Waals surface area contributed by atoms with Crippen LogP contribution in [0.5, 0.6) is 0 Å². The number of nitrogens with zero attached hydrogens (tertiary/aromatic N) is 1. The van der Waals surface area contributed by atoms with Crippen LogP contribution in [0.3, 0.4) is 0 Å². The van der Waals surface area contributed by atoms with Crippen molar-refractivity contribution in [3.8, 4) is 0 Å².